The Morgan fingerprint density at radius 2 is 1.84 bits per heavy atom. The van der Waals surface area contributed by atoms with E-state index in [1.54, 1.807) is 7.11 Å². The van der Waals surface area contributed by atoms with Gasteiger partial charge in [0.15, 0.2) is 11.6 Å². The molecule has 2 aliphatic heterocycles. The molecule has 0 radical (unpaired) electrons. The predicted molar refractivity (Wildman–Crippen MR) is 91.4 cm³/mol. The third-order valence-electron chi connectivity index (χ3n) is 5.13. The van der Waals surface area contributed by atoms with Gasteiger partial charge in [0, 0.05) is 39.2 Å². The molecule has 2 aliphatic rings. The minimum absolute atomic E-state index is 0.0165. The number of likely N-dealkylation sites (tertiary alicyclic amines) is 2. The van der Waals surface area contributed by atoms with Crippen molar-refractivity contribution in [1.29, 1.82) is 0 Å². The summed E-state index contributed by atoms with van der Waals surface area (Å²) in [5.41, 5.74) is 0.454. The lowest BCUT2D eigenvalue weighted by Gasteiger charge is -2.30. The van der Waals surface area contributed by atoms with Gasteiger partial charge < -0.3 is 19.0 Å². The van der Waals surface area contributed by atoms with E-state index < -0.39 is 0 Å². The summed E-state index contributed by atoms with van der Waals surface area (Å²) in [6.07, 6.45) is 4.18. The van der Waals surface area contributed by atoms with Gasteiger partial charge in [-0.05, 0) is 32.6 Å². The topological polar surface area (TPSA) is 75.9 Å². The molecule has 2 fully saturated rings. The molecule has 0 atom stereocenters. The van der Waals surface area contributed by atoms with Crippen molar-refractivity contribution in [3.63, 3.8) is 0 Å². The first-order valence-electron chi connectivity index (χ1n) is 9.13. The van der Waals surface area contributed by atoms with Crippen LogP contribution < -0.4 is 0 Å². The first-order valence-corrected chi connectivity index (χ1v) is 9.13. The molecule has 7 nitrogen and oxygen atoms in total. The Bertz CT molecular complexity index is 614. The summed E-state index contributed by atoms with van der Waals surface area (Å²) in [6.45, 7) is 5.28. The van der Waals surface area contributed by atoms with Gasteiger partial charge in [0.1, 0.15) is 5.76 Å². The Labute approximate surface area is 148 Å². The summed E-state index contributed by atoms with van der Waals surface area (Å²) >= 11 is 0. The fourth-order valence-corrected chi connectivity index (χ4v) is 3.58. The van der Waals surface area contributed by atoms with E-state index in [1.165, 1.54) is 0 Å². The van der Waals surface area contributed by atoms with Crippen LogP contribution in [0.25, 0.3) is 0 Å². The largest absolute Gasteiger partial charge is 0.445 e. The van der Waals surface area contributed by atoms with Crippen molar-refractivity contribution in [2.24, 2.45) is 0 Å². The fourth-order valence-electron chi connectivity index (χ4n) is 3.58. The maximum Gasteiger partial charge on any atom is 0.276 e. The number of aromatic nitrogens is 1. The van der Waals surface area contributed by atoms with E-state index in [0.717, 1.165) is 38.8 Å². The van der Waals surface area contributed by atoms with Gasteiger partial charge in [-0.15, -0.1) is 0 Å². The van der Waals surface area contributed by atoms with E-state index in [9.17, 15) is 9.59 Å². The number of piperidine rings is 1. The minimum atomic E-state index is -0.0165. The Hall–Kier alpha value is -1.89. The van der Waals surface area contributed by atoms with Gasteiger partial charge >= 0.3 is 0 Å². The molecule has 3 heterocycles. The highest BCUT2D eigenvalue weighted by Crippen LogP contribution is 2.29. The number of amides is 2. The average Bonchev–Trinajstić information content (AvgIpc) is 3.29. The molecule has 0 spiro atoms. The van der Waals surface area contributed by atoms with Crippen molar-refractivity contribution in [3.05, 3.63) is 17.3 Å². The molecule has 138 valence electrons. The second-order valence-corrected chi connectivity index (χ2v) is 6.85. The number of carbonyl (C=O) groups is 2. The molecular formula is C18H27N3O4. The SMILES string of the molecule is COCCC(=O)N1CCC(c2nc(C(=O)N3CCCC3)c(C)o2)CC1. The molecule has 25 heavy (non-hydrogen) atoms. The third kappa shape index (κ3) is 4.03. The van der Waals surface area contributed by atoms with E-state index in [2.05, 4.69) is 4.98 Å². The van der Waals surface area contributed by atoms with E-state index in [4.69, 9.17) is 9.15 Å². The van der Waals surface area contributed by atoms with Gasteiger partial charge in [-0.3, -0.25) is 9.59 Å². The fraction of sp³-hybridized carbons (Fsp3) is 0.722. The van der Waals surface area contributed by atoms with E-state index in [0.29, 0.717) is 43.5 Å². The number of carbonyl (C=O) groups excluding carboxylic acids is 2. The van der Waals surface area contributed by atoms with E-state index >= 15 is 0 Å². The number of hydrogen-bond acceptors (Lipinski definition) is 5. The highest BCUT2D eigenvalue weighted by atomic mass is 16.5. The van der Waals surface area contributed by atoms with Crippen LogP contribution in [0.3, 0.4) is 0 Å². The molecule has 0 bridgehead atoms. The van der Waals surface area contributed by atoms with Crippen molar-refractivity contribution < 1.29 is 18.7 Å². The van der Waals surface area contributed by atoms with Gasteiger partial charge in [0.05, 0.1) is 13.0 Å². The Balaban J connectivity index is 1.59. The zero-order valence-corrected chi connectivity index (χ0v) is 15.1. The van der Waals surface area contributed by atoms with Crippen molar-refractivity contribution in [3.8, 4) is 0 Å². The number of hydrogen-bond donors (Lipinski definition) is 0. The van der Waals surface area contributed by atoms with Crippen molar-refractivity contribution in [2.45, 2.75) is 44.9 Å². The Morgan fingerprint density at radius 1 is 1.16 bits per heavy atom. The monoisotopic (exact) mass is 349 g/mol. The van der Waals surface area contributed by atoms with E-state index in [-0.39, 0.29) is 17.7 Å². The smallest absolute Gasteiger partial charge is 0.276 e. The molecule has 0 aliphatic carbocycles. The molecule has 0 N–H and O–H groups in total. The number of nitrogens with zero attached hydrogens (tertiary/aromatic N) is 3. The lowest BCUT2D eigenvalue weighted by atomic mass is 9.96. The molecule has 0 aromatic carbocycles. The van der Waals surface area contributed by atoms with Crippen LogP contribution in [0, 0.1) is 6.92 Å². The van der Waals surface area contributed by atoms with Gasteiger partial charge in [-0.1, -0.05) is 0 Å². The van der Waals surface area contributed by atoms with Crippen LogP contribution in [-0.4, -0.2) is 66.5 Å². The number of oxazole rings is 1. The molecule has 0 unspecified atom stereocenters. The highest BCUT2D eigenvalue weighted by molar-refractivity contribution is 5.93. The summed E-state index contributed by atoms with van der Waals surface area (Å²) in [4.78, 5) is 32.8. The van der Waals surface area contributed by atoms with Crippen molar-refractivity contribution in [1.82, 2.24) is 14.8 Å². The van der Waals surface area contributed by atoms with Crippen LogP contribution >= 0.6 is 0 Å². The van der Waals surface area contributed by atoms with Crippen molar-refractivity contribution in [2.75, 3.05) is 39.9 Å². The number of ether oxygens (including phenoxy) is 1. The van der Waals surface area contributed by atoms with Gasteiger partial charge in [0.2, 0.25) is 5.91 Å². The van der Waals surface area contributed by atoms with Gasteiger partial charge in [-0.25, -0.2) is 4.98 Å². The predicted octanol–water partition coefficient (Wildman–Crippen LogP) is 1.96. The summed E-state index contributed by atoms with van der Waals surface area (Å²) in [5, 5.41) is 0. The number of aryl methyl sites for hydroxylation is 1. The minimum Gasteiger partial charge on any atom is -0.445 e. The maximum atomic E-state index is 12.5. The second kappa shape index (κ2) is 7.99. The van der Waals surface area contributed by atoms with Crippen LogP contribution in [0.5, 0.6) is 0 Å². The molecular weight excluding hydrogens is 322 g/mol. The van der Waals surface area contributed by atoms with Gasteiger partial charge in [0.25, 0.3) is 5.91 Å². The van der Waals surface area contributed by atoms with Crippen molar-refractivity contribution >= 4 is 11.8 Å². The standard InChI is InChI=1S/C18H27N3O4/c1-13-16(18(23)21-8-3-4-9-21)19-17(25-13)14-5-10-20(11-6-14)15(22)7-12-24-2/h14H,3-12H2,1-2H3. The Morgan fingerprint density at radius 3 is 2.48 bits per heavy atom. The molecule has 1 aromatic heterocycles. The molecule has 7 heteroatoms. The zero-order chi connectivity index (χ0) is 17.8. The summed E-state index contributed by atoms with van der Waals surface area (Å²) in [5.74, 6) is 1.53. The Kier molecular flexibility index (Phi) is 5.73. The lowest BCUT2D eigenvalue weighted by Crippen LogP contribution is -2.38. The first-order chi connectivity index (χ1) is 12.1. The summed E-state index contributed by atoms with van der Waals surface area (Å²) < 4.78 is 10.8. The molecule has 2 amide bonds. The van der Waals surface area contributed by atoms with Gasteiger partial charge in [-0.2, -0.15) is 0 Å². The number of methoxy groups -OCH3 is 1. The molecule has 3 rings (SSSR count). The second-order valence-electron chi connectivity index (χ2n) is 6.85. The van der Waals surface area contributed by atoms with Crippen LogP contribution in [0.1, 0.15) is 60.2 Å². The molecule has 0 saturated carbocycles. The van der Waals surface area contributed by atoms with Crippen LogP contribution in [0.4, 0.5) is 0 Å². The summed E-state index contributed by atoms with van der Waals surface area (Å²) in [6, 6.07) is 0. The van der Waals surface area contributed by atoms with E-state index in [1.807, 2.05) is 16.7 Å². The van der Waals surface area contributed by atoms with Crippen LogP contribution in [0.2, 0.25) is 0 Å². The molecule has 1 aromatic rings. The highest BCUT2D eigenvalue weighted by Gasteiger charge is 2.30. The number of rotatable bonds is 5. The zero-order valence-electron chi connectivity index (χ0n) is 15.1. The average molecular weight is 349 g/mol. The lowest BCUT2D eigenvalue weighted by molar-refractivity contribution is -0.133. The van der Waals surface area contributed by atoms with Crippen LogP contribution in [0.15, 0.2) is 4.42 Å². The third-order valence-corrected chi connectivity index (χ3v) is 5.13. The maximum absolute atomic E-state index is 12.5. The quantitative estimate of drug-likeness (QED) is 0.812. The summed E-state index contributed by atoms with van der Waals surface area (Å²) in [7, 11) is 1.60. The molecule has 2 saturated heterocycles. The first kappa shape index (κ1) is 17.9. The van der Waals surface area contributed by atoms with Crippen LogP contribution in [-0.2, 0) is 9.53 Å². The normalized spacial score (nSPS) is 18.8.